The number of ether oxygens (including phenoxy) is 3. The van der Waals surface area contributed by atoms with Crippen molar-refractivity contribution in [3.05, 3.63) is 22.3 Å². The number of phosphoric ester groups is 1. The number of rotatable bonds is 39. The molecule has 0 fully saturated rings. The van der Waals surface area contributed by atoms with E-state index in [0.717, 1.165) is 49.7 Å². The zero-order valence-electron chi connectivity index (χ0n) is 40.4. The largest absolute Gasteiger partial charge is 0.527 e. The zero-order valence-corrected chi connectivity index (χ0v) is 41.3. The Morgan fingerprint density at radius 3 is 1.48 bits per heavy atom. The molecule has 0 bridgehead atoms. The summed E-state index contributed by atoms with van der Waals surface area (Å²) in [5, 5.41) is 9.90. The van der Waals surface area contributed by atoms with Gasteiger partial charge in [0, 0.05) is 18.4 Å². The number of aliphatic hydroxyl groups is 1. The molecular formula is C51H91O10P. The Morgan fingerprint density at radius 2 is 1.05 bits per heavy atom. The van der Waals surface area contributed by atoms with Gasteiger partial charge in [-0.1, -0.05) is 181 Å². The van der Waals surface area contributed by atoms with E-state index >= 15 is 0 Å². The van der Waals surface area contributed by atoms with Gasteiger partial charge in [-0.05, 0) is 70.1 Å². The lowest BCUT2D eigenvalue weighted by Crippen LogP contribution is -2.40. The molecule has 2 rings (SSSR count). The van der Waals surface area contributed by atoms with Gasteiger partial charge in [0.05, 0.1) is 6.61 Å². The minimum absolute atomic E-state index is 0.123. The Labute approximate surface area is 378 Å². The minimum atomic E-state index is -4.71. The maximum Gasteiger partial charge on any atom is 0.527 e. The number of benzene rings is 1. The van der Waals surface area contributed by atoms with Gasteiger partial charge in [-0.15, -0.1) is 0 Å². The molecule has 1 aliphatic heterocycles. The number of phosphoric acid groups is 1. The van der Waals surface area contributed by atoms with Crippen molar-refractivity contribution in [1.82, 2.24) is 0 Å². The van der Waals surface area contributed by atoms with Crippen LogP contribution in [0.4, 0.5) is 0 Å². The van der Waals surface area contributed by atoms with E-state index in [1.54, 1.807) is 6.92 Å². The SMILES string of the molecule is CCCCCCCCCCCCCCCCCC(=O)OC[C@H](COP(=O)(O)Oc1c(C)c(C)c2c(c1C)CCC(C)(CO)O2)OC(=O)CCCCCCCCCCCCCCC. The Balaban J connectivity index is 1.83. The predicted octanol–water partition coefficient (Wildman–Crippen LogP) is 14.4. The van der Waals surface area contributed by atoms with Crippen LogP contribution in [0.2, 0.25) is 0 Å². The second-order valence-electron chi connectivity index (χ2n) is 18.6. The van der Waals surface area contributed by atoms with Crippen LogP contribution in [-0.2, 0) is 34.6 Å². The number of unbranched alkanes of at least 4 members (excludes halogenated alkanes) is 26. The van der Waals surface area contributed by atoms with Crippen molar-refractivity contribution in [1.29, 1.82) is 0 Å². The molecule has 10 nitrogen and oxygen atoms in total. The number of carbonyl (C=O) groups is 2. The molecule has 3 atom stereocenters. The molecule has 0 radical (unpaired) electrons. The summed E-state index contributed by atoms with van der Waals surface area (Å²) in [6.07, 6.45) is 34.8. The summed E-state index contributed by atoms with van der Waals surface area (Å²) < 4.78 is 42.0. The first-order valence-electron chi connectivity index (χ1n) is 25.3. The first-order chi connectivity index (χ1) is 29.9. The highest BCUT2D eigenvalue weighted by Crippen LogP contribution is 2.50. The van der Waals surface area contributed by atoms with E-state index in [1.165, 1.54) is 135 Å². The number of carbonyl (C=O) groups excluding carboxylic acids is 2. The molecule has 2 N–H and O–H groups in total. The molecule has 1 aromatic rings. The van der Waals surface area contributed by atoms with Crippen molar-refractivity contribution < 1.29 is 47.4 Å². The first-order valence-corrected chi connectivity index (χ1v) is 26.8. The quantitative estimate of drug-likeness (QED) is 0.0373. The van der Waals surface area contributed by atoms with Gasteiger partial charge in [0.1, 0.15) is 30.3 Å². The molecule has 1 aromatic carbocycles. The maximum atomic E-state index is 13.4. The lowest BCUT2D eigenvalue weighted by atomic mass is 9.87. The van der Waals surface area contributed by atoms with Crippen LogP contribution in [-0.4, -0.2) is 53.5 Å². The van der Waals surface area contributed by atoms with Gasteiger partial charge in [-0.25, -0.2) is 4.57 Å². The summed E-state index contributed by atoms with van der Waals surface area (Å²) in [6, 6.07) is 0. The van der Waals surface area contributed by atoms with Crippen LogP contribution >= 0.6 is 7.82 Å². The number of esters is 2. The van der Waals surface area contributed by atoms with Gasteiger partial charge in [0.15, 0.2) is 6.10 Å². The summed E-state index contributed by atoms with van der Waals surface area (Å²) in [6.45, 7) is 10.9. The molecule has 11 heteroatoms. The van der Waals surface area contributed by atoms with Crippen molar-refractivity contribution in [2.45, 2.75) is 259 Å². The van der Waals surface area contributed by atoms with E-state index in [4.69, 9.17) is 23.3 Å². The summed E-state index contributed by atoms with van der Waals surface area (Å²) >= 11 is 0. The van der Waals surface area contributed by atoms with E-state index in [0.29, 0.717) is 36.1 Å². The van der Waals surface area contributed by atoms with E-state index in [9.17, 15) is 24.2 Å². The Bertz CT molecular complexity index is 1420. The van der Waals surface area contributed by atoms with E-state index in [1.807, 2.05) is 20.8 Å². The third kappa shape index (κ3) is 24.2. The molecule has 0 saturated carbocycles. The third-order valence-corrected chi connectivity index (χ3v) is 13.6. The minimum Gasteiger partial charge on any atom is -0.485 e. The van der Waals surface area contributed by atoms with Gasteiger partial charge >= 0.3 is 19.8 Å². The fourth-order valence-electron chi connectivity index (χ4n) is 8.40. The number of aliphatic hydroxyl groups excluding tert-OH is 1. The highest BCUT2D eigenvalue weighted by molar-refractivity contribution is 7.47. The molecule has 62 heavy (non-hydrogen) atoms. The Kier molecular flexibility index (Phi) is 30.1. The van der Waals surface area contributed by atoms with Crippen molar-refractivity contribution in [3.63, 3.8) is 0 Å². The van der Waals surface area contributed by atoms with Crippen LogP contribution < -0.4 is 9.26 Å². The summed E-state index contributed by atoms with van der Waals surface area (Å²) in [4.78, 5) is 36.6. The average Bonchev–Trinajstić information content (AvgIpc) is 3.25. The Morgan fingerprint density at radius 1 is 0.629 bits per heavy atom. The van der Waals surface area contributed by atoms with Gasteiger partial charge in [0.25, 0.3) is 0 Å². The van der Waals surface area contributed by atoms with Gasteiger partial charge in [0.2, 0.25) is 0 Å². The van der Waals surface area contributed by atoms with Crippen molar-refractivity contribution in [3.8, 4) is 11.5 Å². The lowest BCUT2D eigenvalue weighted by Gasteiger charge is -2.37. The third-order valence-electron chi connectivity index (χ3n) is 12.7. The van der Waals surface area contributed by atoms with Crippen LogP contribution in [0.1, 0.15) is 242 Å². The molecule has 0 saturated heterocycles. The molecule has 0 amide bonds. The number of fused-ring (bicyclic) bond motifs is 1. The van der Waals surface area contributed by atoms with Gasteiger partial charge < -0.3 is 23.8 Å². The molecule has 0 aromatic heterocycles. The standard InChI is InChI=1S/C51H91O10P/c1-7-9-11-13-15-17-19-21-22-24-25-27-29-31-33-35-47(53)57-39-45(59-48(54)36-34-32-30-28-26-23-20-18-16-14-12-10-8-2)40-58-62(55,56)61-49-42(3)43(4)50-46(44(49)5)37-38-51(6,41-52)60-50/h45,52H,7-41H2,1-6H3,(H,55,56)/t45-,51?/m1/s1. The van der Waals surface area contributed by atoms with E-state index in [-0.39, 0.29) is 31.8 Å². The second kappa shape index (κ2) is 33.4. The number of hydrogen-bond acceptors (Lipinski definition) is 9. The lowest BCUT2D eigenvalue weighted by molar-refractivity contribution is -0.161. The van der Waals surface area contributed by atoms with E-state index in [2.05, 4.69) is 13.8 Å². The molecule has 0 spiro atoms. The molecule has 1 heterocycles. The van der Waals surface area contributed by atoms with Crippen LogP contribution in [0.3, 0.4) is 0 Å². The summed E-state index contributed by atoms with van der Waals surface area (Å²) in [7, 11) is -4.71. The smallest absolute Gasteiger partial charge is 0.485 e. The van der Waals surface area contributed by atoms with Crippen LogP contribution in [0, 0.1) is 20.8 Å². The van der Waals surface area contributed by atoms with E-state index < -0.39 is 38.1 Å². The van der Waals surface area contributed by atoms with Gasteiger partial charge in [-0.2, -0.15) is 0 Å². The van der Waals surface area contributed by atoms with Crippen LogP contribution in [0.15, 0.2) is 0 Å². The van der Waals surface area contributed by atoms with Crippen LogP contribution in [0.25, 0.3) is 0 Å². The monoisotopic (exact) mass is 895 g/mol. The number of hydrogen-bond donors (Lipinski definition) is 2. The Hall–Kier alpha value is -2.13. The highest BCUT2D eigenvalue weighted by Gasteiger charge is 2.36. The summed E-state index contributed by atoms with van der Waals surface area (Å²) in [5.41, 5.74) is 2.18. The fourth-order valence-corrected chi connectivity index (χ4v) is 9.31. The molecule has 360 valence electrons. The van der Waals surface area contributed by atoms with Crippen molar-refractivity contribution >= 4 is 19.8 Å². The van der Waals surface area contributed by atoms with Gasteiger partial charge in [-0.3, -0.25) is 19.0 Å². The fraction of sp³-hybridized carbons (Fsp3) is 0.843. The molecule has 2 unspecified atom stereocenters. The zero-order chi connectivity index (χ0) is 45.5. The summed E-state index contributed by atoms with van der Waals surface area (Å²) in [5.74, 6) is 0.0382. The van der Waals surface area contributed by atoms with Crippen molar-refractivity contribution in [2.24, 2.45) is 0 Å². The van der Waals surface area contributed by atoms with Crippen molar-refractivity contribution in [2.75, 3.05) is 19.8 Å². The maximum absolute atomic E-state index is 13.4. The highest BCUT2D eigenvalue weighted by atomic mass is 31.2. The first kappa shape index (κ1) is 56.0. The second-order valence-corrected chi connectivity index (χ2v) is 19.9. The van der Waals surface area contributed by atoms with Crippen LogP contribution in [0.5, 0.6) is 11.5 Å². The topological polar surface area (TPSA) is 138 Å². The molecule has 0 aliphatic carbocycles. The molecular weight excluding hydrogens is 804 g/mol. The average molecular weight is 895 g/mol. The molecule has 1 aliphatic rings. The predicted molar refractivity (Wildman–Crippen MR) is 252 cm³/mol. The normalized spacial score (nSPS) is 16.3.